The predicted octanol–water partition coefficient (Wildman–Crippen LogP) is 0.114. The van der Waals surface area contributed by atoms with Crippen molar-refractivity contribution in [2.45, 2.75) is 20.0 Å². The summed E-state index contributed by atoms with van der Waals surface area (Å²) in [6.07, 6.45) is -0.648. The Kier molecular flexibility index (Phi) is 5.73. The number of likely N-dealkylation sites (N-methyl/N-ethyl adjacent to an activating group) is 1. The number of hydrogen-bond donors (Lipinski definition) is 1. The topological polar surface area (TPSA) is 53.0 Å². The second-order valence-corrected chi connectivity index (χ2v) is 4.03. The highest BCUT2D eigenvalue weighted by atomic mass is 16.5. The molecule has 0 radical (unpaired) electrons. The first-order valence-corrected chi connectivity index (χ1v) is 5.96. The molecule has 1 rings (SSSR count). The highest BCUT2D eigenvalue weighted by Crippen LogP contribution is 2.05. The molecule has 1 N–H and O–H groups in total. The van der Waals surface area contributed by atoms with Gasteiger partial charge in [-0.1, -0.05) is 13.8 Å². The Morgan fingerprint density at radius 1 is 1.50 bits per heavy atom. The number of rotatable bonds is 6. The van der Waals surface area contributed by atoms with Crippen molar-refractivity contribution in [3.63, 3.8) is 0 Å². The maximum absolute atomic E-state index is 10.8. The van der Waals surface area contributed by atoms with E-state index in [4.69, 9.17) is 9.84 Å². The lowest BCUT2D eigenvalue weighted by molar-refractivity contribution is -0.156. The van der Waals surface area contributed by atoms with Crippen LogP contribution in [0.4, 0.5) is 0 Å². The van der Waals surface area contributed by atoms with E-state index >= 15 is 0 Å². The van der Waals surface area contributed by atoms with Gasteiger partial charge in [-0.2, -0.15) is 0 Å². The van der Waals surface area contributed by atoms with Gasteiger partial charge < -0.3 is 14.7 Å². The number of ether oxygens (including phenoxy) is 1. The van der Waals surface area contributed by atoms with E-state index in [1.165, 1.54) is 0 Å². The van der Waals surface area contributed by atoms with Gasteiger partial charge in [-0.05, 0) is 13.1 Å². The Morgan fingerprint density at radius 2 is 2.19 bits per heavy atom. The van der Waals surface area contributed by atoms with Crippen molar-refractivity contribution in [2.24, 2.45) is 0 Å². The first-order valence-electron chi connectivity index (χ1n) is 5.96. The van der Waals surface area contributed by atoms with Gasteiger partial charge in [0.2, 0.25) is 0 Å². The Morgan fingerprint density at radius 3 is 2.75 bits per heavy atom. The average molecular weight is 230 g/mol. The summed E-state index contributed by atoms with van der Waals surface area (Å²) in [4.78, 5) is 15.3. The molecule has 0 aromatic rings. The molecule has 1 saturated heterocycles. The number of carboxylic acid groups (broad SMARTS) is 1. The summed E-state index contributed by atoms with van der Waals surface area (Å²) in [7, 11) is 0. The number of carbonyl (C=O) groups is 1. The molecule has 1 aliphatic rings. The molecule has 1 atom stereocenters. The molecule has 0 aromatic carbocycles. The van der Waals surface area contributed by atoms with E-state index in [0.717, 1.165) is 32.7 Å². The number of aliphatic carboxylic acids is 1. The number of carboxylic acids is 1. The third kappa shape index (κ3) is 4.08. The van der Waals surface area contributed by atoms with E-state index in [9.17, 15) is 4.79 Å². The molecule has 1 unspecified atom stereocenters. The van der Waals surface area contributed by atoms with Crippen molar-refractivity contribution < 1.29 is 14.6 Å². The molecule has 1 aliphatic heterocycles. The zero-order chi connectivity index (χ0) is 12.0. The molecule has 1 fully saturated rings. The summed E-state index contributed by atoms with van der Waals surface area (Å²) in [5.41, 5.74) is 0. The monoisotopic (exact) mass is 230 g/mol. The van der Waals surface area contributed by atoms with Gasteiger partial charge in [-0.25, -0.2) is 4.79 Å². The van der Waals surface area contributed by atoms with Crippen molar-refractivity contribution in [2.75, 3.05) is 45.9 Å². The average Bonchev–Trinajstić information content (AvgIpc) is 2.31. The third-order valence-corrected chi connectivity index (χ3v) is 3.05. The summed E-state index contributed by atoms with van der Waals surface area (Å²) in [6.45, 7) is 10.2. The number of morpholine rings is 1. The zero-order valence-electron chi connectivity index (χ0n) is 10.2. The second kappa shape index (κ2) is 6.83. The summed E-state index contributed by atoms with van der Waals surface area (Å²) in [6, 6.07) is 0. The number of hydrogen-bond acceptors (Lipinski definition) is 4. The second-order valence-electron chi connectivity index (χ2n) is 4.03. The maximum atomic E-state index is 10.8. The van der Waals surface area contributed by atoms with Crippen molar-refractivity contribution >= 4 is 5.97 Å². The van der Waals surface area contributed by atoms with Gasteiger partial charge in [0.1, 0.15) is 0 Å². The lowest BCUT2D eigenvalue weighted by atomic mass is 10.2. The van der Waals surface area contributed by atoms with Crippen molar-refractivity contribution in [1.29, 1.82) is 0 Å². The van der Waals surface area contributed by atoms with Gasteiger partial charge in [0.15, 0.2) is 6.10 Å². The van der Waals surface area contributed by atoms with E-state index in [0.29, 0.717) is 13.2 Å². The minimum absolute atomic E-state index is 0.511. The normalized spacial score (nSPS) is 22.6. The van der Waals surface area contributed by atoms with Crippen LogP contribution in [0.5, 0.6) is 0 Å². The fraction of sp³-hybridized carbons (Fsp3) is 0.909. The molecular formula is C11H22N2O3. The third-order valence-electron chi connectivity index (χ3n) is 3.05. The van der Waals surface area contributed by atoms with Crippen LogP contribution in [0.1, 0.15) is 13.8 Å². The van der Waals surface area contributed by atoms with Crippen LogP contribution in [0.15, 0.2) is 0 Å². The van der Waals surface area contributed by atoms with Crippen LogP contribution in [0.3, 0.4) is 0 Å². The van der Waals surface area contributed by atoms with E-state index in [2.05, 4.69) is 23.6 Å². The first-order chi connectivity index (χ1) is 7.67. The van der Waals surface area contributed by atoms with Crippen LogP contribution in [-0.2, 0) is 9.53 Å². The molecule has 5 heteroatoms. The molecule has 0 saturated carbocycles. The summed E-state index contributed by atoms with van der Waals surface area (Å²) in [5.74, 6) is -0.854. The predicted molar refractivity (Wildman–Crippen MR) is 61.6 cm³/mol. The van der Waals surface area contributed by atoms with Gasteiger partial charge in [0.05, 0.1) is 6.61 Å². The molecule has 0 aromatic heterocycles. The highest BCUT2D eigenvalue weighted by molar-refractivity contribution is 5.72. The standard InChI is InChI=1S/C11H22N2O3/c1-3-12(4-2)5-6-13-7-8-16-10(9-13)11(14)15/h10H,3-9H2,1-2H3,(H,14,15). The Balaban J connectivity index is 2.29. The molecular weight excluding hydrogens is 208 g/mol. The van der Waals surface area contributed by atoms with E-state index in [1.807, 2.05) is 0 Å². The van der Waals surface area contributed by atoms with Crippen LogP contribution >= 0.6 is 0 Å². The lowest BCUT2D eigenvalue weighted by Gasteiger charge is -2.32. The first kappa shape index (κ1) is 13.4. The van der Waals surface area contributed by atoms with Gasteiger partial charge in [0.25, 0.3) is 0 Å². The lowest BCUT2D eigenvalue weighted by Crippen LogP contribution is -2.48. The highest BCUT2D eigenvalue weighted by Gasteiger charge is 2.25. The molecule has 0 amide bonds. The molecule has 1 heterocycles. The van der Waals surface area contributed by atoms with Crippen LogP contribution in [-0.4, -0.2) is 72.9 Å². The van der Waals surface area contributed by atoms with Crippen molar-refractivity contribution in [3.8, 4) is 0 Å². The van der Waals surface area contributed by atoms with Crippen LogP contribution in [0.25, 0.3) is 0 Å². The molecule has 0 spiro atoms. The van der Waals surface area contributed by atoms with Crippen LogP contribution in [0, 0.1) is 0 Å². The minimum atomic E-state index is -0.854. The molecule has 94 valence electrons. The largest absolute Gasteiger partial charge is 0.479 e. The van der Waals surface area contributed by atoms with E-state index in [-0.39, 0.29) is 0 Å². The minimum Gasteiger partial charge on any atom is -0.479 e. The van der Waals surface area contributed by atoms with Gasteiger partial charge >= 0.3 is 5.97 Å². The summed E-state index contributed by atoms with van der Waals surface area (Å²) >= 11 is 0. The zero-order valence-corrected chi connectivity index (χ0v) is 10.2. The van der Waals surface area contributed by atoms with Crippen molar-refractivity contribution in [3.05, 3.63) is 0 Å². The Bertz CT molecular complexity index is 219. The summed E-state index contributed by atoms with van der Waals surface area (Å²) < 4.78 is 5.17. The maximum Gasteiger partial charge on any atom is 0.334 e. The van der Waals surface area contributed by atoms with Gasteiger partial charge in [0, 0.05) is 26.2 Å². The van der Waals surface area contributed by atoms with E-state index in [1.54, 1.807) is 0 Å². The molecule has 16 heavy (non-hydrogen) atoms. The Hall–Kier alpha value is -0.650. The van der Waals surface area contributed by atoms with E-state index < -0.39 is 12.1 Å². The molecule has 0 aliphatic carbocycles. The fourth-order valence-corrected chi connectivity index (χ4v) is 1.88. The smallest absolute Gasteiger partial charge is 0.334 e. The molecule has 5 nitrogen and oxygen atoms in total. The van der Waals surface area contributed by atoms with Gasteiger partial charge in [-0.15, -0.1) is 0 Å². The molecule has 0 bridgehead atoms. The fourth-order valence-electron chi connectivity index (χ4n) is 1.88. The Labute approximate surface area is 97.0 Å². The van der Waals surface area contributed by atoms with Gasteiger partial charge in [-0.3, -0.25) is 4.90 Å². The quantitative estimate of drug-likeness (QED) is 0.702. The van der Waals surface area contributed by atoms with Crippen LogP contribution in [0.2, 0.25) is 0 Å². The number of nitrogens with zero attached hydrogens (tertiary/aromatic N) is 2. The van der Waals surface area contributed by atoms with Crippen LogP contribution < -0.4 is 0 Å². The SMILES string of the molecule is CCN(CC)CCN1CCOC(C(=O)O)C1. The summed E-state index contributed by atoms with van der Waals surface area (Å²) in [5, 5.41) is 8.86. The van der Waals surface area contributed by atoms with Crippen molar-refractivity contribution in [1.82, 2.24) is 9.80 Å².